The van der Waals surface area contributed by atoms with Gasteiger partial charge in [0.05, 0.1) is 5.54 Å². The molecule has 0 aromatic carbocycles. The van der Waals surface area contributed by atoms with Crippen LogP contribution in [0.2, 0.25) is 0 Å². The topological polar surface area (TPSA) is 55.1 Å². The highest BCUT2D eigenvalue weighted by atomic mass is 16.2. The molecule has 0 bridgehead atoms. The summed E-state index contributed by atoms with van der Waals surface area (Å²) < 4.78 is 0. The van der Waals surface area contributed by atoms with Crippen molar-refractivity contribution in [3.63, 3.8) is 0 Å². The molecule has 0 aromatic rings. The van der Waals surface area contributed by atoms with E-state index in [4.69, 9.17) is 5.73 Å². The van der Waals surface area contributed by atoms with E-state index in [0.29, 0.717) is 12.0 Å². The van der Waals surface area contributed by atoms with E-state index in [2.05, 4.69) is 12.2 Å². The fourth-order valence-electron chi connectivity index (χ4n) is 1.85. The molecule has 3 N–H and O–H groups in total. The molecule has 1 atom stereocenters. The largest absolute Gasteiger partial charge is 0.352 e. The molecular formula is C10H18N2O. The maximum absolute atomic E-state index is 11.7. The Morgan fingerprint density at radius 1 is 1.54 bits per heavy atom. The molecule has 2 aliphatic carbocycles. The van der Waals surface area contributed by atoms with E-state index in [9.17, 15) is 4.79 Å². The van der Waals surface area contributed by atoms with Gasteiger partial charge in [-0.25, -0.2) is 0 Å². The lowest BCUT2D eigenvalue weighted by Gasteiger charge is -2.37. The van der Waals surface area contributed by atoms with Gasteiger partial charge in [-0.15, -0.1) is 0 Å². The van der Waals surface area contributed by atoms with Gasteiger partial charge in [-0.2, -0.15) is 0 Å². The number of hydrogen-bond donors (Lipinski definition) is 2. The van der Waals surface area contributed by atoms with Crippen LogP contribution in [0.15, 0.2) is 0 Å². The number of carbonyl (C=O) groups is 1. The molecule has 0 saturated heterocycles. The zero-order valence-electron chi connectivity index (χ0n) is 8.18. The highest BCUT2D eigenvalue weighted by Gasteiger charge is 2.41. The first-order valence-electron chi connectivity index (χ1n) is 5.22. The summed E-state index contributed by atoms with van der Waals surface area (Å²) in [5, 5.41) is 3.02. The normalized spacial score (nSPS) is 27.5. The highest BCUT2D eigenvalue weighted by Crippen LogP contribution is 2.34. The third-order valence-corrected chi connectivity index (χ3v) is 3.39. The Labute approximate surface area is 79.1 Å². The lowest BCUT2D eigenvalue weighted by Crippen LogP contribution is -2.60. The van der Waals surface area contributed by atoms with E-state index in [-0.39, 0.29) is 5.91 Å². The monoisotopic (exact) mass is 182 g/mol. The van der Waals surface area contributed by atoms with Crippen LogP contribution in [0.3, 0.4) is 0 Å². The Balaban J connectivity index is 1.83. The maximum atomic E-state index is 11.7. The van der Waals surface area contributed by atoms with Gasteiger partial charge in [-0.05, 0) is 44.9 Å². The van der Waals surface area contributed by atoms with Gasteiger partial charge in [-0.3, -0.25) is 4.79 Å². The summed E-state index contributed by atoms with van der Waals surface area (Å²) >= 11 is 0. The quantitative estimate of drug-likeness (QED) is 0.677. The summed E-state index contributed by atoms with van der Waals surface area (Å²) in [7, 11) is 0. The minimum Gasteiger partial charge on any atom is -0.352 e. The zero-order valence-corrected chi connectivity index (χ0v) is 8.18. The van der Waals surface area contributed by atoms with E-state index >= 15 is 0 Å². The SMILES string of the molecule is CC(NC(=O)C1(N)CCC1)C1CC1. The van der Waals surface area contributed by atoms with Gasteiger partial charge in [0.25, 0.3) is 0 Å². The molecule has 2 aliphatic rings. The van der Waals surface area contributed by atoms with Gasteiger partial charge in [-0.1, -0.05) is 0 Å². The fraction of sp³-hybridized carbons (Fsp3) is 0.900. The predicted octanol–water partition coefficient (Wildman–Crippen LogP) is 0.782. The molecule has 74 valence electrons. The lowest BCUT2D eigenvalue weighted by atomic mass is 9.77. The molecule has 1 unspecified atom stereocenters. The molecular weight excluding hydrogens is 164 g/mol. The van der Waals surface area contributed by atoms with Crippen LogP contribution >= 0.6 is 0 Å². The summed E-state index contributed by atoms with van der Waals surface area (Å²) in [4.78, 5) is 11.7. The van der Waals surface area contributed by atoms with E-state index in [1.165, 1.54) is 12.8 Å². The standard InChI is InChI=1S/C10H18N2O/c1-7(8-3-4-8)12-9(13)10(11)5-2-6-10/h7-8H,2-6,11H2,1H3,(H,12,13). The summed E-state index contributed by atoms with van der Waals surface area (Å²) in [6, 6.07) is 0.327. The average molecular weight is 182 g/mol. The molecule has 1 amide bonds. The van der Waals surface area contributed by atoms with Gasteiger partial charge in [0.2, 0.25) is 5.91 Å². The van der Waals surface area contributed by atoms with Crippen molar-refractivity contribution in [1.82, 2.24) is 5.32 Å². The van der Waals surface area contributed by atoms with Crippen LogP contribution < -0.4 is 11.1 Å². The third-order valence-electron chi connectivity index (χ3n) is 3.39. The first-order chi connectivity index (χ1) is 6.12. The Morgan fingerprint density at radius 3 is 2.54 bits per heavy atom. The number of rotatable bonds is 3. The van der Waals surface area contributed by atoms with Crippen molar-refractivity contribution in [3.8, 4) is 0 Å². The zero-order chi connectivity index (χ0) is 9.47. The Bertz CT molecular complexity index is 219. The molecule has 3 nitrogen and oxygen atoms in total. The third kappa shape index (κ3) is 1.70. The molecule has 0 spiro atoms. The molecule has 13 heavy (non-hydrogen) atoms. The number of nitrogens with one attached hydrogen (secondary N) is 1. The summed E-state index contributed by atoms with van der Waals surface area (Å²) in [6.45, 7) is 2.08. The van der Waals surface area contributed by atoms with Crippen LogP contribution in [-0.2, 0) is 4.79 Å². The van der Waals surface area contributed by atoms with Crippen molar-refractivity contribution in [2.45, 2.75) is 50.6 Å². The van der Waals surface area contributed by atoms with Crippen molar-refractivity contribution >= 4 is 5.91 Å². The second-order valence-corrected chi connectivity index (χ2v) is 4.61. The fourth-order valence-corrected chi connectivity index (χ4v) is 1.85. The Kier molecular flexibility index (Phi) is 2.06. The van der Waals surface area contributed by atoms with Crippen LogP contribution in [0, 0.1) is 5.92 Å². The van der Waals surface area contributed by atoms with Crippen LogP contribution in [0.5, 0.6) is 0 Å². The Hall–Kier alpha value is -0.570. The number of carbonyl (C=O) groups excluding carboxylic acids is 1. The maximum Gasteiger partial charge on any atom is 0.240 e. The van der Waals surface area contributed by atoms with E-state index in [0.717, 1.165) is 19.3 Å². The molecule has 0 aliphatic heterocycles. The minimum absolute atomic E-state index is 0.0677. The molecule has 2 rings (SSSR count). The van der Waals surface area contributed by atoms with E-state index < -0.39 is 5.54 Å². The van der Waals surface area contributed by atoms with E-state index in [1.54, 1.807) is 0 Å². The van der Waals surface area contributed by atoms with Crippen molar-refractivity contribution in [2.75, 3.05) is 0 Å². The van der Waals surface area contributed by atoms with Gasteiger partial charge in [0.1, 0.15) is 0 Å². The summed E-state index contributed by atoms with van der Waals surface area (Å²) in [6.07, 6.45) is 5.34. The second kappa shape index (κ2) is 2.98. The molecule has 3 heteroatoms. The van der Waals surface area contributed by atoms with Gasteiger partial charge >= 0.3 is 0 Å². The van der Waals surface area contributed by atoms with Crippen LogP contribution in [0.25, 0.3) is 0 Å². The number of amides is 1. The number of nitrogens with two attached hydrogens (primary N) is 1. The molecule has 2 fully saturated rings. The van der Waals surface area contributed by atoms with Crippen LogP contribution in [0.4, 0.5) is 0 Å². The van der Waals surface area contributed by atoms with Crippen molar-refractivity contribution in [1.29, 1.82) is 0 Å². The van der Waals surface area contributed by atoms with Crippen LogP contribution in [-0.4, -0.2) is 17.5 Å². The van der Waals surface area contributed by atoms with E-state index in [1.807, 2.05) is 0 Å². The van der Waals surface area contributed by atoms with Crippen molar-refractivity contribution in [2.24, 2.45) is 11.7 Å². The second-order valence-electron chi connectivity index (χ2n) is 4.61. The first-order valence-corrected chi connectivity index (χ1v) is 5.22. The average Bonchev–Trinajstić information content (AvgIpc) is 2.81. The first kappa shape index (κ1) is 9.00. The van der Waals surface area contributed by atoms with Gasteiger partial charge in [0, 0.05) is 6.04 Å². The smallest absolute Gasteiger partial charge is 0.240 e. The lowest BCUT2D eigenvalue weighted by molar-refractivity contribution is -0.130. The van der Waals surface area contributed by atoms with Crippen molar-refractivity contribution in [3.05, 3.63) is 0 Å². The highest BCUT2D eigenvalue weighted by molar-refractivity contribution is 5.87. The number of hydrogen-bond acceptors (Lipinski definition) is 2. The summed E-state index contributed by atoms with van der Waals surface area (Å²) in [5.74, 6) is 0.783. The van der Waals surface area contributed by atoms with Gasteiger partial charge < -0.3 is 11.1 Å². The minimum atomic E-state index is -0.525. The van der Waals surface area contributed by atoms with Crippen LogP contribution in [0.1, 0.15) is 39.0 Å². The molecule has 0 radical (unpaired) electrons. The predicted molar refractivity (Wildman–Crippen MR) is 51.1 cm³/mol. The Morgan fingerprint density at radius 2 is 2.15 bits per heavy atom. The molecule has 0 aromatic heterocycles. The summed E-state index contributed by atoms with van der Waals surface area (Å²) in [5.41, 5.74) is 5.38. The van der Waals surface area contributed by atoms with Gasteiger partial charge in [0.15, 0.2) is 0 Å². The molecule has 2 saturated carbocycles. The van der Waals surface area contributed by atoms with Crippen molar-refractivity contribution < 1.29 is 4.79 Å². The molecule has 0 heterocycles.